The second kappa shape index (κ2) is 7.70. The molecule has 0 unspecified atom stereocenters. The smallest absolute Gasteiger partial charge is 0.175 e. The largest absolute Gasteiger partial charge is 0.371 e. The Morgan fingerprint density at radius 3 is 2.37 bits per heavy atom. The summed E-state index contributed by atoms with van der Waals surface area (Å²) < 4.78 is 25.3. The lowest BCUT2D eigenvalue weighted by Gasteiger charge is -2.24. The summed E-state index contributed by atoms with van der Waals surface area (Å²) >= 11 is 6.42. The van der Waals surface area contributed by atoms with E-state index in [2.05, 4.69) is 28.7 Å². The number of rotatable bonds is 6. The maximum atomic E-state index is 11.7. The highest BCUT2D eigenvalue weighted by Gasteiger charge is 2.19. The van der Waals surface area contributed by atoms with Crippen LogP contribution >= 0.6 is 11.6 Å². The van der Waals surface area contributed by atoms with Crippen molar-refractivity contribution >= 4 is 27.1 Å². The molecule has 0 N–H and O–H groups in total. The Hall–Kier alpha value is -2.38. The first-order chi connectivity index (χ1) is 12.9. The van der Waals surface area contributed by atoms with Crippen LogP contribution < -0.4 is 4.90 Å². The molecule has 0 saturated heterocycles. The molecule has 0 aliphatic rings. The summed E-state index contributed by atoms with van der Waals surface area (Å²) in [6.45, 7) is 5.89. The Morgan fingerprint density at radius 1 is 1.11 bits per heavy atom. The molecule has 2 aromatic heterocycles. The third-order valence-corrected chi connectivity index (χ3v) is 5.83. The van der Waals surface area contributed by atoms with Crippen molar-refractivity contribution in [2.24, 2.45) is 0 Å². The number of nitrogens with zero attached hydrogens (tertiary/aromatic N) is 4. The van der Waals surface area contributed by atoms with Crippen LogP contribution in [0.4, 0.5) is 5.69 Å². The molecule has 0 spiro atoms. The van der Waals surface area contributed by atoms with Crippen LogP contribution in [0.25, 0.3) is 16.9 Å². The number of hydrogen-bond donors (Lipinski definition) is 0. The molecule has 0 saturated carbocycles. The van der Waals surface area contributed by atoms with E-state index in [9.17, 15) is 8.42 Å². The van der Waals surface area contributed by atoms with Gasteiger partial charge in [0.25, 0.3) is 0 Å². The van der Waals surface area contributed by atoms with Crippen LogP contribution in [0.5, 0.6) is 0 Å². The molecule has 0 bridgehead atoms. The van der Waals surface area contributed by atoms with Gasteiger partial charge in [0.2, 0.25) is 0 Å². The molecule has 0 fully saturated rings. The highest BCUT2D eigenvalue weighted by molar-refractivity contribution is 7.90. The first kappa shape index (κ1) is 19.4. The number of hydrogen-bond acceptors (Lipinski definition) is 5. The van der Waals surface area contributed by atoms with E-state index in [0.717, 1.165) is 35.7 Å². The van der Waals surface area contributed by atoms with Gasteiger partial charge in [0.1, 0.15) is 6.33 Å². The van der Waals surface area contributed by atoms with E-state index in [-0.39, 0.29) is 4.90 Å². The molecule has 3 rings (SSSR count). The van der Waals surface area contributed by atoms with E-state index in [4.69, 9.17) is 11.6 Å². The molecule has 0 aliphatic heterocycles. The van der Waals surface area contributed by atoms with Gasteiger partial charge in [-0.1, -0.05) is 11.6 Å². The SMILES string of the molecule is CCN(CC)c1ccncc1-c1c(Cl)ncn1-c1ccc(S(C)(=O)=O)cc1. The van der Waals surface area contributed by atoms with E-state index in [1.54, 1.807) is 43.0 Å². The van der Waals surface area contributed by atoms with Crippen molar-refractivity contribution < 1.29 is 8.42 Å². The van der Waals surface area contributed by atoms with Crippen molar-refractivity contribution in [2.45, 2.75) is 18.7 Å². The Morgan fingerprint density at radius 2 is 1.78 bits per heavy atom. The van der Waals surface area contributed by atoms with E-state index >= 15 is 0 Å². The van der Waals surface area contributed by atoms with Gasteiger partial charge in [-0.25, -0.2) is 13.4 Å². The van der Waals surface area contributed by atoms with Crippen molar-refractivity contribution in [3.05, 3.63) is 54.2 Å². The topological polar surface area (TPSA) is 68.1 Å². The van der Waals surface area contributed by atoms with Crippen molar-refractivity contribution in [2.75, 3.05) is 24.2 Å². The molecule has 2 heterocycles. The zero-order valence-corrected chi connectivity index (χ0v) is 17.0. The molecule has 0 radical (unpaired) electrons. The number of sulfone groups is 1. The van der Waals surface area contributed by atoms with Crippen LogP contribution in [0.15, 0.2) is 53.9 Å². The highest BCUT2D eigenvalue weighted by Crippen LogP contribution is 2.36. The molecule has 142 valence electrons. The predicted octanol–water partition coefficient (Wildman–Crippen LogP) is 3.84. The van der Waals surface area contributed by atoms with Crippen LogP contribution in [-0.2, 0) is 9.84 Å². The Bertz CT molecular complexity index is 1040. The van der Waals surface area contributed by atoms with Crippen LogP contribution in [-0.4, -0.2) is 42.3 Å². The molecule has 0 atom stereocenters. The minimum Gasteiger partial charge on any atom is -0.371 e. The first-order valence-corrected chi connectivity index (χ1v) is 10.9. The fourth-order valence-corrected chi connectivity index (χ4v) is 3.89. The Labute approximate surface area is 164 Å². The lowest BCUT2D eigenvalue weighted by atomic mass is 10.1. The standard InChI is InChI=1S/C19H21ClN4O2S/c1-4-23(5-2)17-10-11-21-12-16(17)18-19(20)22-13-24(18)14-6-8-15(9-7-14)27(3,25)26/h6-13H,4-5H2,1-3H3. The maximum Gasteiger partial charge on any atom is 0.175 e. The normalized spacial score (nSPS) is 11.6. The third-order valence-electron chi connectivity index (χ3n) is 4.42. The number of anilines is 1. The summed E-state index contributed by atoms with van der Waals surface area (Å²) in [7, 11) is -3.25. The van der Waals surface area contributed by atoms with Gasteiger partial charge in [0, 0.05) is 48.7 Å². The monoisotopic (exact) mass is 404 g/mol. The summed E-state index contributed by atoms with van der Waals surface area (Å²) in [6.07, 6.45) is 6.35. The third kappa shape index (κ3) is 3.84. The molecule has 0 aliphatic carbocycles. The highest BCUT2D eigenvalue weighted by atomic mass is 35.5. The number of halogens is 1. The second-order valence-electron chi connectivity index (χ2n) is 6.09. The van der Waals surface area contributed by atoms with Crippen molar-refractivity contribution in [3.63, 3.8) is 0 Å². The van der Waals surface area contributed by atoms with Gasteiger partial charge in [-0.3, -0.25) is 9.55 Å². The number of benzene rings is 1. The van der Waals surface area contributed by atoms with E-state index in [1.165, 1.54) is 6.26 Å². The maximum absolute atomic E-state index is 11.7. The van der Waals surface area contributed by atoms with Crippen LogP contribution in [0.3, 0.4) is 0 Å². The van der Waals surface area contributed by atoms with Gasteiger partial charge in [-0.05, 0) is 44.2 Å². The van der Waals surface area contributed by atoms with Gasteiger partial charge in [0.05, 0.1) is 10.6 Å². The quantitative estimate of drug-likeness (QED) is 0.624. The summed E-state index contributed by atoms with van der Waals surface area (Å²) in [5, 5.41) is 0.364. The van der Waals surface area contributed by atoms with Crippen LogP contribution in [0.1, 0.15) is 13.8 Å². The first-order valence-electron chi connectivity index (χ1n) is 8.59. The summed E-state index contributed by atoms with van der Waals surface area (Å²) in [6, 6.07) is 8.60. The molecule has 0 amide bonds. The number of imidazole rings is 1. The lowest BCUT2D eigenvalue weighted by molar-refractivity contribution is 0.602. The Kier molecular flexibility index (Phi) is 5.53. The molecular weight excluding hydrogens is 384 g/mol. The molecule has 1 aromatic carbocycles. The van der Waals surface area contributed by atoms with Gasteiger partial charge in [-0.2, -0.15) is 0 Å². The number of pyridine rings is 1. The van der Waals surface area contributed by atoms with Crippen LogP contribution in [0.2, 0.25) is 5.15 Å². The Balaban J connectivity index is 2.15. The predicted molar refractivity (Wildman–Crippen MR) is 108 cm³/mol. The molecule has 27 heavy (non-hydrogen) atoms. The lowest BCUT2D eigenvalue weighted by Crippen LogP contribution is -2.22. The van der Waals surface area contributed by atoms with E-state index in [0.29, 0.717) is 5.15 Å². The van der Waals surface area contributed by atoms with Gasteiger partial charge < -0.3 is 4.90 Å². The zero-order chi connectivity index (χ0) is 19.6. The minimum atomic E-state index is -3.25. The fraction of sp³-hybridized carbons (Fsp3) is 0.263. The summed E-state index contributed by atoms with van der Waals surface area (Å²) in [5.74, 6) is 0. The second-order valence-corrected chi connectivity index (χ2v) is 8.46. The molecule has 6 nitrogen and oxygen atoms in total. The van der Waals surface area contributed by atoms with Gasteiger partial charge in [-0.15, -0.1) is 0 Å². The minimum absolute atomic E-state index is 0.268. The summed E-state index contributed by atoms with van der Waals surface area (Å²) in [4.78, 5) is 11.0. The van der Waals surface area contributed by atoms with Crippen molar-refractivity contribution in [1.29, 1.82) is 0 Å². The van der Waals surface area contributed by atoms with Crippen molar-refractivity contribution in [3.8, 4) is 16.9 Å². The van der Waals surface area contributed by atoms with Gasteiger partial charge >= 0.3 is 0 Å². The number of aromatic nitrogens is 3. The molecule has 8 heteroatoms. The van der Waals surface area contributed by atoms with Crippen molar-refractivity contribution in [1.82, 2.24) is 14.5 Å². The molecular formula is C19H21ClN4O2S. The van der Waals surface area contributed by atoms with E-state index < -0.39 is 9.84 Å². The summed E-state index contributed by atoms with van der Waals surface area (Å²) in [5.41, 5.74) is 3.38. The zero-order valence-electron chi connectivity index (χ0n) is 15.4. The van der Waals surface area contributed by atoms with Crippen LogP contribution in [0, 0.1) is 0 Å². The fourth-order valence-electron chi connectivity index (χ4n) is 3.03. The average Bonchev–Trinajstić information content (AvgIpc) is 3.04. The molecule has 3 aromatic rings. The average molecular weight is 405 g/mol. The van der Waals surface area contributed by atoms with E-state index in [1.807, 2.05) is 10.6 Å². The van der Waals surface area contributed by atoms with Gasteiger partial charge in [0.15, 0.2) is 15.0 Å².